The van der Waals surface area contributed by atoms with E-state index in [0.717, 1.165) is 5.56 Å². The molecule has 0 saturated heterocycles. The highest BCUT2D eigenvalue weighted by Gasteiger charge is 2.37. The third-order valence-corrected chi connectivity index (χ3v) is 2.69. The van der Waals surface area contributed by atoms with Crippen molar-refractivity contribution in [3.05, 3.63) is 35.4 Å². The lowest BCUT2D eigenvalue weighted by molar-refractivity contribution is -0.147. The first-order valence-electron chi connectivity index (χ1n) is 5.53. The molecule has 96 valence electrons. The van der Waals surface area contributed by atoms with Crippen LogP contribution in [0.5, 0.6) is 0 Å². The fourth-order valence-electron chi connectivity index (χ4n) is 1.78. The zero-order chi connectivity index (χ0) is 13.3. The highest BCUT2D eigenvalue weighted by molar-refractivity contribution is 5.33. The number of alkyl halides is 3. The number of rotatable bonds is 2. The maximum absolute atomic E-state index is 12.4. The van der Waals surface area contributed by atoms with Crippen LogP contribution in [0.1, 0.15) is 31.9 Å². The third kappa shape index (κ3) is 3.73. The first-order valence-corrected chi connectivity index (χ1v) is 5.53. The van der Waals surface area contributed by atoms with Crippen molar-refractivity contribution in [2.24, 2.45) is 5.73 Å². The number of hydrogen-bond donors (Lipinski definition) is 1. The van der Waals surface area contributed by atoms with Crippen molar-refractivity contribution in [2.45, 2.75) is 44.8 Å². The fraction of sp³-hybridized carbons (Fsp3) is 0.538. The van der Waals surface area contributed by atoms with Crippen molar-refractivity contribution in [1.29, 1.82) is 0 Å². The summed E-state index contributed by atoms with van der Waals surface area (Å²) in [5.41, 5.74) is 6.58. The smallest absolute Gasteiger partial charge is 0.320 e. The summed E-state index contributed by atoms with van der Waals surface area (Å²) < 4.78 is 37.3. The van der Waals surface area contributed by atoms with E-state index in [9.17, 15) is 13.2 Å². The first-order chi connectivity index (χ1) is 7.62. The Kier molecular flexibility index (Phi) is 3.87. The van der Waals surface area contributed by atoms with Crippen LogP contribution in [0.4, 0.5) is 13.2 Å². The van der Waals surface area contributed by atoms with Gasteiger partial charge in [-0.1, -0.05) is 45.0 Å². The van der Waals surface area contributed by atoms with Crippen molar-refractivity contribution in [2.75, 3.05) is 0 Å². The van der Waals surface area contributed by atoms with E-state index in [2.05, 4.69) is 0 Å². The Balaban J connectivity index is 3.00. The molecular formula is C13H18F3N. The van der Waals surface area contributed by atoms with Crippen LogP contribution in [0.2, 0.25) is 0 Å². The Morgan fingerprint density at radius 1 is 1.12 bits per heavy atom. The molecule has 0 fully saturated rings. The van der Waals surface area contributed by atoms with Crippen LogP contribution in [0.15, 0.2) is 24.3 Å². The molecule has 0 aliphatic rings. The Bertz CT molecular complexity index is 377. The molecule has 1 unspecified atom stereocenters. The summed E-state index contributed by atoms with van der Waals surface area (Å²) in [6.45, 7) is 5.93. The normalized spacial score (nSPS) is 14.8. The lowest BCUT2D eigenvalue weighted by Gasteiger charge is -2.25. The predicted molar refractivity (Wildman–Crippen MR) is 62.9 cm³/mol. The summed E-state index contributed by atoms with van der Waals surface area (Å²) in [4.78, 5) is 0. The van der Waals surface area contributed by atoms with Crippen LogP contribution in [0.3, 0.4) is 0 Å². The van der Waals surface area contributed by atoms with Gasteiger partial charge in [0.1, 0.15) is 6.04 Å². The van der Waals surface area contributed by atoms with E-state index in [-0.39, 0.29) is 11.8 Å². The maximum Gasteiger partial charge on any atom is 0.403 e. The highest BCUT2D eigenvalue weighted by Crippen LogP contribution is 2.29. The molecule has 0 aromatic heterocycles. The van der Waals surface area contributed by atoms with E-state index in [1.807, 2.05) is 32.9 Å². The average Bonchev–Trinajstić information content (AvgIpc) is 2.15. The van der Waals surface area contributed by atoms with Gasteiger partial charge < -0.3 is 5.73 Å². The number of halogens is 3. The molecule has 2 N–H and O–H groups in total. The zero-order valence-electron chi connectivity index (χ0n) is 10.3. The molecule has 1 nitrogen and oxygen atoms in total. The Morgan fingerprint density at radius 3 is 2.12 bits per heavy atom. The van der Waals surface area contributed by atoms with Crippen LogP contribution in [0.25, 0.3) is 0 Å². The topological polar surface area (TPSA) is 26.0 Å². The van der Waals surface area contributed by atoms with Gasteiger partial charge in [-0.25, -0.2) is 0 Å². The quantitative estimate of drug-likeness (QED) is 0.849. The SMILES string of the molecule is CC(C)(C)c1ccccc1CC(N)C(F)(F)F. The molecule has 0 aliphatic heterocycles. The predicted octanol–water partition coefficient (Wildman–Crippen LogP) is 3.42. The molecule has 1 atom stereocenters. The number of hydrogen-bond acceptors (Lipinski definition) is 1. The second kappa shape index (κ2) is 4.69. The highest BCUT2D eigenvalue weighted by atomic mass is 19.4. The minimum Gasteiger partial charge on any atom is -0.320 e. The van der Waals surface area contributed by atoms with Gasteiger partial charge in [0.2, 0.25) is 0 Å². The van der Waals surface area contributed by atoms with Gasteiger partial charge in [0.15, 0.2) is 0 Å². The molecule has 0 bridgehead atoms. The average molecular weight is 245 g/mol. The van der Waals surface area contributed by atoms with Gasteiger partial charge in [0, 0.05) is 0 Å². The van der Waals surface area contributed by atoms with E-state index in [4.69, 9.17) is 5.73 Å². The van der Waals surface area contributed by atoms with Gasteiger partial charge >= 0.3 is 6.18 Å². The van der Waals surface area contributed by atoms with Crippen LogP contribution >= 0.6 is 0 Å². The summed E-state index contributed by atoms with van der Waals surface area (Å²) >= 11 is 0. The molecule has 0 radical (unpaired) electrons. The third-order valence-electron chi connectivity index (χ3n) is 2.69. The lowest BCUT2D eigenvalue weighted by Crippen LogP contribution is -2.39. The van der Waals surface area contributed by atoms with Crippen molar-refractivity contribution < 1.29 is 13.2 Å². The van der Waals surface area contributed by atoms with Crippen molar-refractivity contribution in [3.8, 4) is 0 Å². The van der Waals surface area contributed by atoms with Crippen molar-refractivity contribution in [3.63, 3.8) is 0 Å². The number of benzene rings is 1. The second-order valence-electron chi connectivity index (χ2n) is 5.26. The molecule has 4 heteroatoms. The molecule has 0 saturated carbocycles. The van der Waals surface area contributed by atoms with E-state index in [1.54, 1.807) is 12.1 Å². The van der Waals surface area contributed by atoms with E-state index >= 15 is 0 Å². The molecule has 1 aromatic carbocycles. The standard InChI is InChI=1S/C13H18F3N/c1-12(2,3)10-7-5-4-6-9(10)8-11(17)13(14,15)16/h4-7,11H,8,17H2,1-3H3. The molecule has 1 rings (SSSR count). The summed E-state index contributed by atoms with van der Waals surface area (Å²) in [5, 5.41) is 0. The molecule has 0 spiro atoms. The Hall–Kier alpha value is -1.03. The zero-order valence-corrected chi connectivity index (χ0v) is 10.3. The Morgan fingerprint density at radius 2 is 1.65 bits per heavy atom. The minimum atomic E-state index is -4.34. The van der Waals surface area contributed by atoms with Gasteiger partial charge in [-0.3, -0.25) is 0 Å². The van der Waals surface area contributed by atoms with Gasteiger partial charge in [0.25, 0.3) is 0 Å². The van der Waals surface area contributed by atoms with E-state index in [1.165, 1.54) is 0 Å². The van der Waals surface area contributed by atoms with Crippen LogP contribution in [0, 0.1) is 0 Å². The second-order valence-corrected chi connectivity index (χ2v) is 5.26. The van der Waals surface area contributed by atoms with Gasteiger partial charge in [-0.2, -0.15) is 13.2 Å². The molecule has 1 aromatic rings. The monoisotopic (exact) mass is 245 g/mol. The van der Waals surface area contributed by atoms with E-state index in [0.29, 0.717) is 5.56 Å². The minimum absolute atomic E-state index is 0.170. The molecule has 0 heterocycles. The summed E-state index contributed by atoms with van der Waals surface area (Å²) in [6, 6.07) is 5.35. The van der Waals surface area contributed by atoms with Crippen molar-refractivity contribution in [1.82, 2.24) is 0 Å². The molecule has 17 heavy (non-hydrogen) atoms. The largest absolute Gasteiger partial charge is 0.403 e. The maximum atomic E-state index is 12.4. The van der Waals surface area contributed by atoms with Crippen molar-refractivity contribution >= 4 is 0 Å². The first kappa shape index (κ1) is 14.0. The van der Waals surface area contributed by atoms with E-state index < -0.39 is 12.2 Å². The van der Waals surface area contributed by atoms with Gasteiger partial charge in [-0.15, -0.1) is 0 Å². The summed E-state index contributed by atoms with van der Waals surface area (Å²) in [7, 11) is 0. The fourth-order valence-corrected chi connectivity index (χ4v) is 1.78. The molecule has 0 amide bonds. The van der Waals surface area contributed by atoms with Crippen LogP contribution in [-0.4, -0.2) is 12.2 Å². The summed E-state index contributed by atoms with van der Waals surface area (Å²) in [6.07, 6.45) is -4.51. The van der Waals surface area contributed by atoms with Gasteiger partial charge in [-0.05, 0) is 23.0 Å². The lowest BCUT2D eigenvalue weighted by atomic mass is 9.82. The van der Waals surface area contributed by atoms with Crippen LogP contribution in [-0.2, 0) is 11.8 Å². The summed E-state index contributed by atoms with van der Waals surface area (Å²) in [5.74, 6) is 0. The molecular weight excluding hydrogens is 227 g/mol. The Labute approximate surface area is 99.8 Å². The van der Waals surface area contributed by atoms with Gasteiger partial charge in [0.05, 0.1) is 0 Å². The van der Waals surface area contributed by atoms with Crippen LogP contribution < -0.4 is 5.73 Å². The number of nitrogens with two attached hydrogens (primary N) is 1. The molecule has 0 aliphatic carbocycles.